The van der Waals surface area contributed by atoms with Gasteiger partial charge in [0.25, 0.3) is 15.9 Å². The molecule has 0 unspecified atom stereocenters. The van der Waals surface area contributed by atoms with Crippen LogP contribution in [-0.2, 0) is 16.4 Å². The zero-order valence-corrected chi connectivity index (χ0v) is 25.5. The topological polar surface area (TPSA) is 73.8 Å². The van der Waals surface area contributed by atoms with E-state index < -0.39 is 10.0 Å². The molecule has 0 aliphatic carbocycles. The normalized spacial score (nSPS) is 13.6. The smallest absolute Gasteiger partial charge is 0.264 e. The third-order valence-electron chi connectivity index (χ3n) is 7.36. The number of carbonyl (C=O) groups is 1. The molecule has 0 fully saturated rings. The van der Waals surface area contributed by atoms with Gasteiger partial charge in [-0.2, -0.15) is 0 Å². The van der Waals surface area contributed by atoms with E-state index in [1.807, 2.05) is 48.7 Å². The van der Waals surface area contributed by atoms with Crippen molar-refractivity contribution in [2.45, 2.75) is 36.5 Å². The number of hydrogen-bond acceptors (Lipinski definition) is 7. The van der Waals surface area contributed by atoms with E-state index in [4.69, 9.17) is 4.98 Å². The highest BCUT2D eigenvalue weighted by Gasteiger charge is 2.29. The van der Waals surface area contributed by atoms with Crippen LogP contribution in [0.5, 0.6) is 0 Å². The Labute approximate surface area is 244 Å². The number of fused-ring (bicyclic) bond motifs is 2. The first kappa shape index (κ1) is 28.6. The van der Waals surface area contributed by atoms with Crippen LogP contribution in [0.25, 0.3) is 10.2 Å². The van der Waals surface area contributed by atoms with E-state index in [0.717, 1.165) is 52.3 Å². The number of hydrogen-bond donors (Lipinski definition) is 0. The van der Waals surface area contributed by atoms with Gasteiger partial charge in [0, 0.05) is 30.1 Å². The Balaban J connectivity index is 1.45. The van der Waals surface area contributed by atoms with E-state index in [0.29, 0.717) is 30.3 Å². The van der Waals surface area contributed by atoms with E-state index in [9.17, 15) is 13.2 Å². The lowest BCUT2D eigenvalue weighted by Crippen LogP contribution is -2.39. The third-order valence-corrected chi connectivity index (χ3v) is 11.0. The molecule has 0 N–H and O–H groups in total. The summed E-state index contributed by atoms with van der Waals surface area (Å²) in [6.07, 6.45) is 3.66. The van der Waals surface area contributed by atoms with Crippen LogP contribution in [0.1, 0.15) is 36.2 Å². The van der Waals surface area contributed by atoms with Gasteiger partial charge < -0.3 is 4.90 Å². The molecule has 1 aromatic heterocycles. The maximum atomic E-state index is 13.9. The summed E-state index contributed by atoms with van der Waals surface area (Å²) in [5, 5.41) is 0.648. The minimum absolute atomic E-state index is 0.181. The molecule has 2 heterocycles. The van der Waals surface area contributed by atoms with Crippen molar-refractivity contribution < 1.29 is 13.2 Å². The molecule has 0 saturated carbocycles. The minimum atomic E-state index is -3.75. The molecule has 3 aromatic carbocycles. The number of rotatable bonds is 10. The Morgan fingerprint density at radius 3 is 2.48 bits per heavy atom. The highest BCUT2D eigenvalue weighted by atomic mass is 32.2. The SMILES string of the molecule is CCN(CC)CCN(C(=O)c1ccc(S(=O)(=O)N2CCCc3ccccc32)cc1)c1nc2c(SC)cccc2s1. The van der Waals surface area contributed by atoms with Crippen molar-refractivity contribution in [1.82, 2.24) is 9.88 Å². The average Bonchev–Trinajstić information content (AvgIpc) is 3.43. The highest BCUT2D eigenvalue weighted by molar-refractivity contribution is 7.98. The maximum absolute atomic E-state index is 13.9. The molecule has 210 valence electrons. The number of likely N-dealkylation sites (N-methyl/N-ethyl adjacent to an activating group) is 1. The van der Waals surface area contributed by atoms with E-state index in [2.05, 4.69) is 18.7 Å². The number of carbonyl (C=O) groups excluding carboxylic acids is 1. The number of aryl methyl sites for hydroxylation is 1. The van der Waals surface area contributed by atoms with Gasteiger partial charge in [0.2, 0.25) is 0 Å². The third kappa shape index (κ3) is 5.63. The zero-order valence-electron chi connectivity index (χ0n) is 23.0. The summed E-state index contributed by atoms with van der Waals surface area (Å²) >= 11 is 3.14. The van der Waals surface area contributed by atoms with E-state index >= 15 is 0 Å². The molecule has 0 bridgehead atoms. The Morgan fingerprint density at radius 1 is 1.00 bits per heavy atom. The molecule has 4 aromatic rings. The summed E-state index contributed by atoms with van der Waals surface area (Å²) in [6, 6.07) is 20.1. The van der Waals surface area contributed by atoms with Gasteiger partial charge in [0.05, 0.1) is 20.8 Å². The molecule has 7 nitrogen and oxygen atoms in total. The van der Waals surface area contributed by atoms with Crippen molar-refractivity contribution in [3.63, 3.8) is 0 Å². The first-order valence-corrected chi connectivity index (χ1v) is 17.0. The number of thiazole rings is 1. The molecule has 10 heteroatoms. The second kappa shape index (κ2) is 12.3. The van der Waals surface area contributed by atoms with Crippen molar-refractivity contribution in [1.29, 1.82) is 0 Å². The summed E-state index contributed by atoms with van der Waals surface area (Å²) in [4.78, 5) is 24.0. The number of amides is 1. The second-order valence-corrected chi connectivity index (χ2v) is 13.3. The molecule has 5 rings (SSSR count). The fourth-order valence-electron chi connectivity index (χ4n) is 5.06. The predicted octanol–water partition coefficient (Wildman–Crippen LogP) is 6.15. The molecule has 0 saturated heterocycles. The van der Waals surface area contributed by atoms with Gasteiger partial charge in [0.15, 0.2) is 5.13 Å². The van der Waals surface area contributed by atoms with Crippen molar-refractivity contribution in [3.05, 3.63) is 77.9 Å². The van der Waals surface area contributed by atoms with Crippen molar-refractivity contribution in [3.8, 4) is 0 Å². The summed E-state index contributed by atoms with van der Waals surface area (Å²) in [5.74, 6) is -0.191. The van der Waals surface area contributed by atoms with Crippen molar-refractivity contribution in [2.24, 2.45) is 0 Å². The lowest BCUT2D eigenvalue weighted by Gasteiger charge is -2.30. The molecule has 0 radical (unpaired) electrons. The number of anilines is 2. The Kier molecular flexibility index (Phi) is 8.80. The van der Waals surface area contributed by atoms with E-state index in [1.165, 1.54) is 15.6 Å². The van der Waals surface area contributed by atoms with Crippen LogP contribution < -0.4 is 9.21 Å². The van der Waals surface area contributed by atoms with Crippen LogP contribution >= 0.6 is 23.1 Å². The van der Waals surface area contributed by atoms with Crippen LogP contribution in [0.4, 0.5) is 10.8 Å². The molecule has 0 spiro atoms. The molecule has 1 amide bonds. The van der Waals surface area contributed by atoms with Gasteiger partial charge in [-0.1, -0.05) is 49.4 Å². The Morgan fingerprint density at radius 2 is 1.75 bits per heavy atom. The fourth-order valence-corrected chi connectivity index (χ4v) is 8.24. The van der Waals surface area contributed by atoms with Gasteiger partial charge in [0.1, 0.15) is 0 Å². The van der Waals surface area contributed by atoms with Crippen LogP contribution in [-0.4, -0.2) is 63.2 Å². The average molecular weight is 595 g/mol. The minimum Gasteiger partial charge on any atom is -0.302 e. The van der Waals surface area contributed by atoms with Gasteiger partial charge in [-0.05, 0) is 80.2 Å². The summed E-state index contributed by atoms with van der Waals surface area (Å²) < 4.78 is 29.7. The van der Waals surface area contributed by atoms with E-state index in [1.54, 1.807) is 40.9 Å². The standard InChI is InChI=1S/C30H34N4O3S3/c1-4-32(5-2)20-21-33(30-31-28-26(38-3)13-8-14-27(28)39-30)29(35)23-15-17-24(18-16-23)40(36,37)34-19-9-11-22-10-6-7-12-25(22)34/h6-8,10,12-18H,4-5,9,11,19-21H2,1-3H3. The molecule has 0 atom stereocenters. The Bertz CT molecular complexity index is 1600. The molecule has 40 heavy (non-hydrogen) atoms. The monoisotopic (exact) mass is 594 g/mol. The summed E-state index contributed by atoms with van der Waals surface area (Å²) in [6.45, 7) is 7.64. The number of aromatic nitrogens is 1. The number of para-hydroxylation sites is 2. The largest absolute Gasteiger partial charge is 0.302 e. The lowest BCUT2D eigenvalue weighted by atomic mass is 10.0. The predicted molar refractivity (Wildman–Crippen MR) is 167 cm³/mol. The molecule has 1 aliphatic heterocycles. The van der Waals surface area contributed by atoms with Crippen LogP contribution in [0.15, 0.2) is 76.5 Å². The van der Waals surface area contributed by atoms with Crippen LogP contribution in [0, 0.1) is 0 Å². The molecule has 1 aliphatic rings. The Hall–Kier alpha value is -2.92. The van der Waals surface area contributed by atoms with E-state index in [-0.39, 0.29) is 10.8 Å². The van der Waals surface area contributed by atoms with Crippen molar-refractivity contribution in [2.75, 3.05) is 48.2 Å². The number of thioether (sulfide) groups is 1. The summed E-state index contributed by atoms with van der Waals surface area (Å²) in [7, 11) is -3.75. The summed E-state index contributed by atoms with van der Waals surface area (Å²) in [5.41, 5.74) is 3.10. The lowest BCUT2D eigenvalue weighted by molar-refractivity contribution is 0.0983. The van der Waals surface area contributed by atoms with Crippen LogP contribution in [0.2, 0.25) is 0 Å². The quantitative estimate of drug-likeness (QED) is 0.205. The maximum Gasteiger partial charge on any atom is 0.264 e. The second-order valence-electron chi connectivity index (χ2n) is 9.62. The van der Waals surface area contributed by atoms with Gasteiger partial charge in [-0.15, -0.1) is 11.8 Å². The number of benzene rings is 3. The zero-order chi connectivity index (χ0) is 28.3. The van der Waals surface area contributed by atoms with Crippen LogP contribution in [0.3, 0.4) is 0 Å². The van der Waals surface area contributed by atoms with Gasteiger partial charge in [-0.25, -0.2) is 13.4 Å². The fraction of sp³-hybridized carbons (Fsp3) is 0.333. The van der Waals surface area contributed by atoms with Crippen molar-refractivity contribution >= 4 is 60.1 Å². The number of sulfonamides is 1. The first-order chi connectivity index (χ1) is 19.4. The number of nitrogens with zero attached hydrogens (tertiary/aromatic N) is 4. The molecular formula is C30H34N4O3S3. The van der Waals surface area contributed by atoms with Gasteiger partial charge >= 0.3 is 0 Å². The highest BCUT2D eigenvalue weighted by Crippen LogP contribution is 2.35. The van der Waals surface area contributed by atoms with Gasteiger partial charge in [-0.3, -0.25) is 14.0 Å². The first-order valence-electron chi connectivity index (χ1n) is 13.6. The molecular weight excluding hydrogens is 561 g/mol.